The second-order valence-electron chi connectivity index (χ2n) is 3.97. The molecule has 0 aromatic carbocycles. The average Bonchev–Trinajstić information content (AvgIpc) is 2.65. The van der Waals surface area contributed by atoms with Crippen LogP contribution in [0.2, 0.25) is 25.2 Å². The van der Waals surface area contributed by atoms with E-state index >= 15 is 0 Å². The third-order valence-electron chi connectivity index (χ3n) is 3.39. The van der Waals surface area contributed by atoms with E-state index in [9.17, 15) is 0 Å². The predicted octanol–water partition coefficient (Wildman–Crippen LogP) is 2.06. The van der Waals surface area contributed by atoms with Crippen molar-refractivity contribution in [2.45, 2.75) is 39.0 Å². The third kappa shape index (κ3) is 1.84. The molecule has 13 heavy (non-hydrogen) atoms. The Hall–Kier alpha value is -0.196. The van der Waals surface area contributed by atoms with Crippen molar-refractivity contribution in [3.63, 3.8) is 0 Å². The molecule has 2 unspecified atom stereocenters. The SMILES string of the molecule is CC[SiH](C)[N+]1([SiH](C)CC)C=CN=C1. The lowest BCUT2D eigenvalue weighted by molar-refractivity contribution is -0.532. The van der Waals surface area contributed by atoms with Crippen molar-refractivity contribution < 1.29 is 3.81 Å². The predicted molar refractivity (Wildman–Crippen MR) is 64.9 cm³/mol. The first kappa shape index (κ1) is 10.9. The molecule has 0 saturated heterocycles. The Morgan fingerprint density at radius 1 is 1.15 bits per heavy atom. The smallest absolute Gasteiger partial charge is 0.260 e. The Bertz CT molecular complexity index is 202. The van der Waals surface area contributed by atoms with Crippen molar-refractivity contribution >= 4 is 24.3 Å². The molecular formula is C9H21N2Si2+. The molecule has 0 amide bonds. The van der Waals surface area contributed by atoms with Gasteiger partial charge in [0.15, 0.2) is 6.34 Å². The molecule has 0 radical (unpaired) electrons. The lowest BCUT2D eigenvalue weighted by Crippen LogP contribution is -2.58. The van der Waals surface area contributed by atoms with Gasteiger partial charge in [0.05, 0.1) is 12.4 Å². The van der Waals surface area contributed by atoms with Crippen molar-refractivity contribution in [3.8, 4) is 0 Å². The van der Waals surface area contributed by atoms with Crippen molar-refractivity contribution in [3.05, 3.63) is 12.4 Å². The van der Waals surface area contributed by atoms with Gasteiger partial charge in [0.25, 0.3) is 17.9 Å². The highest BCUT2D eigenvalue weighted by Gasteiger charge is 2.38. The summed E-state index contributed by atoms with van der Waals surface area (Å²) in [6.45, 7) is 9.60. The number of nitrogens with zero attached hydrogens (tertiary/aromatic N) is 2. The maximum absolute atomic E-state index is 4.31. The normalized spacial score (nSPS) is 30.8. The molecule has 0 saturated carbocycles. The highest BCUT2D eigenvalue weighted by molar-refractivity contribution is 6.65. The number of rotatable bonds is 4. The fourth-order valence-corrected chi connectivity index (χ4v) is 9.29. The first-order chi connectivity index (χ1) is 6.17. The van der Waals surface area contributed by atoms with Crippen molar-refractivity contribution in [2.75, 3.05) is 0 Å². The quantitative estimate of drug-likeness (QED) is 0.634. The Balaban J connectivity index is 2.88. The summed E-state index contributed by atoms with van der Waals surface area (Å²) in [7, 11) is -1.36. The van der Waals surface area contributed by atoms with Gasteiger partial charge in [-0.25, -0.2) is 4.99 Å². The van der Waals surface area contributed by atoms with E-state index in [4.69, 9.17) is 0 Å². The van der Waals surface area contributed by atoms with Crippen LogP contribution in [0, 0.1) is 0 Å². The summed E-state index contributed by atoms with van der Waals surface area (Å²) in [6.07, 6.45) is 6.56. The number of quaternary nitrogens is 1. The molecule has 0 aliphatic carbocycles. The van der Waals surface area contributed by atoms with Crippen LogP contribution in [0.1, 0.15) is 13.8 Å². The number of hydrogen-bond acceptors (Lipinski definition) is 1. The van der Waals surface area contributed by atoms with E-state index in [0.717, 1.165) is 0 Å². The minimum atomic E-state index is -0.682. The van der Waals surface area contributed by atoms with Crippen molar-refractivity contribution in [1.29, 1.82) is 0 Å². The van der Waals surface area contributed by atoms with E-state index in [1.165, 1.54) is 15.9 Å². The highest BCUT2D eigenvalue weighted by Crippen LogP contribution is 2.21. The highest BCUT2D eigenvalue weighted by atomic mass is 28.4. The summed E-state index contributed by atoms with van der Waals surface area (Å²) in [6, 6.07) is 2.74. The van der Waals surface area contributed by atoms with Crippen LogP contribution in [0.5, 0.6) is 0 Å². The summed E-state index contributed by atoms with van der Waals surface area (Å²) in [5.74, 6) is 0. The molecule has 2 atom stereocenters. The van der Waals surface area contributed by atoms with Gasteiger partial charge in [-0.3, -0.25) is 0 Å². The maximum atomic E-state index is 4.31. The molecule has 1 aliphatic heterocycles. The van der Waals surface area contributed by atoms with E-state index in [-0.39, 0.29) is 0 Å². The van der Waals surface area contributed by atoms with Gasteiger partial charge >= 0.3 is 0 Å². The number of aliphatic imine (C=N–C) groups is 1. The summed E-state index contributed by atoms with van der Waals surface area (Å²) >= 11 is 0. The van der Waals surface area contributed by atoms with Crippen LogP contribution in [0.3, 0.4) is 0 Å². The zero-order chi connectivity index (χ0) is 9.90. The molecule has 1 aliphatic rings. The molecule has 0 N–H and O–H groups in total. The summed E-state index contributed by atoms with van der Waals surface area (Å²) in [5.41, 5.74) is 0. The van der Waals surface area contributed by atoms with Gasteiger partial charge in [0.2, 0.25) is 0 Å². The Kier molecular flexibility index (Phi) is 3.64. The zero-order valence-electron chi connectivity index (χ0n) is 9.20. The van der Waals surface area contributed by atoms with Gasteiger partial charge in [0.1, 0.15) is 0 Å². The van der Waals surface area contributed by atoms with Crippen LogP contribution in [0.15, 0.2) is 17.4 Å². The van der Waals surface area contributed by atoms with Crippen molar-refractivity contribution in [1.82, 2.24) is 0 Å². The van der Waals surface area contributed by atoms with Gasteiger partial charge < -0.3 is 3.81 Å². The zero-order valence-corrected chi connectivity index (χ0v) is 11.5. The molecule has 0 aromatic heterocycles. The molecule has 74 valence electrons. The van der Waals surface area contributed by atoms with Gasteiger partial charge in [-0.05, 0) is 25.2 Å². The molecule has 0 fully saturated rings. The monoisotopic (exact) mass is 213 g/mol. The van der Waals surface area contributed by atoms with Crippen LogP contribution in [-0.2, 0) is 0 Å². The minimum absolute atomic E-state index is 0.682. The van der Waals surface area contributed by atoms with Gasteiger partial charge in [-0.2, -0.15) is 0 Å². The van der Waals surface area contributed by atoms with Crippen LogP contribution in [-0.4, -0.2) is 28.1 Å². The third-order valence-corrected chi connectivity index (χ3v) is 12.5. The van der Waals surface area contributed by atoms with Gasteiger partial charge in [-0.1, -0.05) is 13.8 Å². The Labute approximate surface area is 84.9 Å². The van der Waals surface area contributed by atoms with E-state index in [1.807, 2.05) is 6.20 Å². The Morgan fingerprint density at radius 2 is 1.69 bits per heavy atom. The molecule has 0 spiro atoms. The summed E-state index contributed by atoms with van der Waals surface area (Å²) in [4.78, 5) is 4.31. The number of hydrogen-bond donors (Lipinski definition) is 0. The van der Waals surface area contributed by atoms with Gasteiger partial charge in [0, 0.05) is 0 Å². The molecule has 0 aromatic rings. The molecule has 0 bridgehead atoms. The molecular weight excluding hydrogens is 192 g/mol. The summed E-state index contributed by atoms with van der Waals surface area (Å²) in [5, 5.41) is 0. The Morgan fingerprint density at radius 3 is 2.00 bits per heavy atom. The largest absolute Gasteiger partial charge is 0.378 e. The lowest BCUT2D eigenvalue weighted by Gasteiger charge is -2.39. The lowest BCUT2D eigenvalue weighted by atomic mass is 10.9. The maximum Gasteiger partial charge on any atom is 0.260 e. The fraction of sp³-hybridized carbons (Fsp3) is 0.667. The average molecular weight is 213 g/mol. The van der Waals surface area contributed by atoms with Crippen LogP contribution in [0.25, 0.3) is 0 Å². The summed E-state index contributed by atoms with van der Waals surface area (Å²) < 4.78 is 1.22. The van der Waals surface area contributed by atoms with E-state index < -0.39 is 17.9 Å². The van der Waals surface area contributed by atoms with Crippen LogP contribution < -0.4 is 0 Å². The molecule has 4 heteroatoms. The fourth-order valence-electron chi connectivity index (χ4n) is 1.93. The van der Waals surface area contributed by atoms with Gasteiger partial charge in [-0.15, -0.1) is 0 Å². The molecule has 1 rings (SSSR count). The first-order valence-electron chi connectivity index (χ1n) is 5.27. The topological polar surface area (TPSA) is 12.4 Å². The van der Waals surface area contributed by atoms with E-state index in [1.54, 1.807) is 0 Å². The van der Waals surface area contributed by atoms with Crippen LogP contribution >= 0.6 is 0 Å². The minimum Gasteiger partial charge on any atom is -0.378 e. The second kappa shape index (κ2) is 4.35. The van der Waals surface area contributed by atoms with Crippen LogP contribution in [0.4, 0.5) is 0 Å². The van der Waals surface area contributed by atoms with Crippen molar-refractivity contribution in [2.24, 2.45) is 4.99 Å². The first-order valence-corrected chi connectivity index (χ1v) is 10.2. The van der Waals surface area contributed by atoms with E-state index in [0.29, 0.717) is 0 Å². The van der Waals surface area contributed by atoms with E-state index in [2.05, 4.69) is 44.5 Å². The molecule has 2 nitrogen and oxygen atoms in total. The standard InChI is InChI=1S/C9H21N2Si2/c1-5-12(3)11(13(4)6-2)8-7-10-9-11/h7-9,12-13H,5-6H2,1-4H3/q+1. The molecule has 1 heterocycles. The second-order valence-corrected chi connectivity index (χ2v) is 11.4.